The Balaban J connectivity index is 0.00000126. The van der Waals surface area contributed by atoms with Crippen LogP contribution in [0.3, 0.4) is 0 Å². The molecule has 0 bridgehead atoms. The molecule has 1 aromatic heterocycles. The van der Waals surface area contributed by atoms with Crippen LogP contribution in [0.5, 0.6) is 0 Å². The van der Waals surface area contributed by atoms with E-state index in [-0.39, 0.29) is 5.41 Å². The van der Waals surface area contributed by atoms with Gasteiger partial charge in [-0.2, -0.15) is 0 Å². The average molecular weight is 920 g/mol. The molecule has 8 aromatic carbocycles. The number of fused-ring (bicyclic) bond motifs is 14. The third-order valence-electron chi connectivity index (χ3n) is 16.2. The maximum atomic E-state index is 6.92. The van der Waals surface area contributed by atoms with Crippen molar-refractivity contribution in [3.05, 3.63) is 274 Å². The zero-order valence-electron chi connectivity index (χ0n) is 41.9. The zero-order valence-corrected chi connectivity index (χ0v) is 41.9. The molecule has 0 amide bonds. The molecule has 348 valence electrons. The highest BCUT2D eigenvalue weighted by molar-refractivity contribution is 6.10. The monoisotopic (exact) mass is 919 g/mol. The van der Waals surface area contributed by atoms with Gasteiger partial charge in [-0.15, -0.1) is 0 Å². The number of anilines is 3. The molecular weight excluding hydrogens is 859 g/mol. The smallest absolute Gasteiger partial charge is 0.159 e. The van der Waals surface area contributed by atoms with Crippen molar-refractivity contribution in [3.63, 3.8) is 0 Å². The van der Waals surface area contributed by atoms with Crippen molar-refractivity contribution in [1.82, 2.24) is 0 Å². The van der Waals surface area contributed by atoms with Gasteiger partial charge >= 0.3 is 0 Å². The van der Waals surface area contributed by atoms with Gasteiger partial charge < -0.3 is 9.32 Å². The van der Waals surface area contributed by atoms with E-state index in [2.05, 4.69) is 231 Å². The van der Waals surface area contributed by atoms with Gasteiger partial charge in [-0.1, -0.05) is 223 Å². The second-order valence-corrected chi connectivity index (χ2v) is 19.6. The van der Waals surface area contributed by atoms with Crippen molar-refractivity contribution in [3.8, 4) is 11.1 Å². The minimum Gasteiger partial charge on any atom is -0.454 e. The fourth-order valence-electron chi connectivity index (χ4n) is 13.4. The molecule has 9 aromatic rings. The summed E-state index contributed by atoms with van der Waals surface area (Å²) in [5.41, 5.74) is 22.6. The van der Waals surface area contributed by atoms with E-state index in [0.717, 1.165) is 64.7 Å². The summed E-state index contributed by atoms with van der Waals surface area (Å²) >= 11 is 0. The summed E-state index contributed by atoms with van der Waals surface area (Å²) in [4.78, 5) is 2.48. The summed E-state index contributed by atoms with van der Waals surface area (Å²) in [6.07, 6.45) is 16.3. The van der Waals surface area contributed by atoms with Crippen LogP contribution in [0.25, 0.3) is 38.6 Å². The van der Waals surface area contributed by atoms with Gasteiger partial charge in [0, 0.05) is 27.6 Å². The maximum Gasteiger partial charge on any atom is 0.159 e. The molecule has 0 unspecified atom stereocenters. The van der Waals surface area contributed by atoms with Crippen LogP contribution in [0.2, 0.25) is 0 Å². The summed E-state index contributed by atoms with van der Waals surface area (Å²) in [7, 11) is 0. The van der Waals surface area contributed by atoms with Crippen LogP contribution in [0, 0.1) is 0 Å². The van der Waals surface area contributed by atoms with Gasteiger partial charge in [0.15, 0.2) is 5.58 Å². The Labute approximate surface area is 420 Å². The molecule has 5 aliphatic carbocycles. The number of hydrogen-bond acceptors (Lipinski definition) is 2. The molecule has 5 aliphatic rings. The van der Waals surface area contributed by atoms with Crippen molar-refractivity contribution in [2.24, 2.45) is 0 Å². The minimum atomic E-state index is -0.612. The Kier molecular flexibility index (Phi) is 10.9. The van der Waals surface area contributed by atoms with Gasteiger partial charge in [0.1, 0.15) is 5.58 Å². The molecule has 0 N–H and O–H groups in total. The molecule has 1 heterocycles. The van der Waals surface area contributed by atoms with E-state index >= 15 is 0 Å². The van der Waals surface area contributed by atoms with Gasteiger partial charge in [0.25, 0.3) is 0 Å². The molecule has 1 spiro atoms. The lowest BCUT2D eigenvalue weighted by molar-refractivity contribution is 0.607. The van der Waals surface area contributed by atoms with Crippen molar-refractivity contribution < 1.29 is 4.42 Å². The van der Waals surface area contributed by atoms with E-state index in [0.29, 0.717) is 0 Å². The Bertz CT molecular complexity index is 3630. The lowest BCUT2D eigenvalue weighted by Gasteiger charge is -2.50. The number of hydrogen-bond donors (Lipinski definition) is 0. The summed E-state index contributed by atoms with van der Waals surface area (Å²) in [5.74, 6) is 0. The first kappa shape index (κ1) is 44.5. The molecular formula is C69H61NO. The third-order valence-corrected chi connectivity index (χ3v) is 16.2. The molecule has 0 saturated heterocycles. The molecule has 0 atom stereocenters. The van der Waals surface area contributed by atoms with E-state index in [1.807, 2.05) is 27.7 Å². The number of para-hydroxylation sites is 2. The molecule has 2 heteroatoms. The van der Waals surface area contributed by atoms with Crippen LogP contribution >= 0.6 is 0 Å². The first-order valence-electron chi connectivity index (χ1n) is 26.1. The second kappa shape index (κ2) is 17.3. The van der Waals surface area contributed by atoms with Crippen LogP contribution in [0.15, 0.2) is 228 Å². The molecule has 0 saturated carbocycles. The minimum absolute atomic E-state index is 0.0875. The normalized spacial score (nSPS) is 19.3. The largest absolute Gasteiger partial charge is 0.454 e. The van der Waals surface area contributed by atoms with Gasteiger partial charge in [-0.05, 0) is 134 Å². The van der Waals surface area contributed by atoms with Gasteiger partial charge in [-0.3, -0.25) is 0 Å². The lowest BCUT2D eigenvalue weighted by atomic mass is 9.51. The number of furan rings is 1. The van der Waals surface area contributed by atoms with Gasteiger partial charge in [-0.25, -0.2) is 0 Å². The maximum absolute atomic E-state index is 6.92. The number of nitrogens with zero attached hydrogens (tertiary/aromatic N) is 1. The Morgan fingerprint density at radius 2 is 1.03 bits per heavy atom. The predicted molar refractivity (Wildman–Crippen MR) is 300 cm³/mol. The van der Waals surface area contributed by atoms with Crippen molar-refractivity contribution in [2.45, 2.75) is 83.5 Å². The van der Waals surface area contributed by atoms with Crippen LogP contribution in [0.1, 0.15) is 117 Å². The highest BCUT2D eigenvalue weighted by Gasteiger charge is 2.57. The van der Waals surface area contributed by atoms with Crippen LogP contribution in [-0.2, 0) is 16.2 Å². The number of allylic oxidation sites excluding steroid dienone is 8. The molecule has 71 heavy (non-hydrogen) atoms. The Morgan fingerprint density at radius 3 is 1.73 bits per heavy atom. The number of benzene rings is 8. The molecule has 0 aliphatic heterocycles. The summed E-state index contributed by atoms with van der Waals surface area (Å²) in [5, 5.41) is 2.24. The highest BCUT2D eigenvalue weighted by Crippen LogP contribution is 2.65. The quantitative estimate of drug-likeness (QED) is 0.171. The van der Waals surface area contributed by atoms with Crippen LogP contribution < -0.4 is 4.90 Å². The molecule has 2 nitrogen and oxygen atoms in total. The van der Waals surface area contributed by atoms with Gasteiger partial charge in [0.2, 0.25) is 0 Å². The highest BCUT2D eigenvalue weighted by atomic mass is 16.3. The third kappa shape index (κ3) is 6.19. The SMILES string of the molecule is CC.CC.CC1(C)C2=C(C=CCC2)c2ccc(N(c3ccc4c(c3)C3(c5ccccc5-4)c4ccccc4C(C4=CCCC=C4)(c4ccccc4)c4ccccc43)c3cccc4c3oc3ccccc34)cc21. The lowest BCUT2D eigenvalue weighted by Crippen LogP contribution is -2.45. The molecule has 14 rings (SSSR count). The van der Waals surface area contributed by atoms with E-state index in [9.17, 15) is 0 Å². The van der Waals surface area contributed by atoms with E-state index in [1.54, 1.807) is 5.57 Å². The van der Waals surface area contributed by atoms with Crippen molar-refractivity contribution >= 4 is 44.6 Å². The van der Waals surface area contributed by atoms with E-state index in [1.165, 1.54) is 72.3 Å². The fourth-order valence-corrected chi connectivity index (χ4v) is 13.4. The fraction of sp³-hybridized carbons (Fsp3) is 0.188. The summed E-state index contributed by atoms with van der Waals surface area (Å²) in [6.45, 7) is 12.8. The predicted octanol–water partition coefficient (Wildman–Crippen LogP) is 18.8. The topological polar surface area (TPSA) is 16.4 Å². The van der Waals surface area contributed by atoms with Crippen molar-refractivity contribution in [1.29, 1.82) is 0 Å². The van der Waals surface area contributed by atoms with E-state index < -0.39 is 10.8 Å². The molecule has 0 radical (unpaired) electrons. The standard InChI is InChI=1S/C65H49NO.2C2H6/c1-63(2)52-28-12-9-24-46(52)48-38-36-44(40-58(48)63)66(60-34-19-27-51-50-26-11-18-35-61(50)67-62(51)60)45-37-39-49-47-25-10-13-29-53(47)65(59(49)41-45)56-32-16-14-30-54(56)64(42-20-5-3-6-21-42,43-22-7-4-8-23-43)55-31-15-17-33-57(55)65;2*1-2/h3,5-7,9-11,13-27,29-41H,4,8,12,28H2,1-2H3;2*1-2H3. The second-order valence-electron chi connectivity index (χ2n) is 19.6. The van der Waals surface area contributed by atoms with Crippen molar-refractivity contribution in [2.75, 3.05) is 4.90 Å². The molecule has 0 fully saturated rings. The first-order valence-corrected chi connectivity index (χ1v) is 26.1. The Hall–Kier alpha value is -7.68. The van der Waals surface area contributed by atoms with Crippen LogP contribution in [0.4, 0.5) is 17.1 Å². The Morgan fingerprint density at radius 1 is 0.451 bits per heavy atom. The zero-order chi connectivity index (χ0) is 48.5. The van der Waals surface area contributed by atoms with Crippen LogP contribution in [-0.4, -0.2) is 0 Å². The first-order chi connectivity index (χ1) is 35.0. The van der Waals surface area contributed by atoms with Gasteiger partial charge in [0.05, 0.1) is 16.5 Å². The average Bonchev–Trinajstić information content (AvgIpc) is 4.05. The van der Waals surface area contributed by atoms with E-state index in [4.69, 9.17) is 4.42 Å². The summed E-state index contributed by atoms with van der Waals surface area (Å²) < 4.78 is 6.92. The summed E-state index contributed by atoms with van der Waals surface area (Å²) in [6, 6.07) is 68.9. The number of rotatable bonds is 5.